The monoisotopic (exact) mass is 575 g/mol. The number of nitro benzene ring substituents is 2. The van der Waals surface area contributed by atoms with Gasteiger partial charge in [-0.05, 0) is 42.7 Å². The van der Waals surface area contributed by atoms with Gasteiger partial charge in [-0.1, -0.05) is 37.0 Å². The average Bonchev–Trinajstić information content (AvgIpc) is 3.34. The highest BCUT2D eigenvalue weighted by molar-refractivity contribution is 6.55. The number of anilines is 1. The summed E-state index contributed by atoms with van der Waals surface area (Å²) in [5.74, 6) is -4.26. The van der Waals surface area contributed by atoms with Crippen molar-refractivity contribution in [2.75, 3.05) is 18.4 Å². The third-order valence-electron chi connectivity index (χ3n) is 6.28. The summed E-state index contributed by atoms with van der Waals surface area (Å²) in [6.07, 6.45) is 2.13. The lowest BCUT2D eigenvalue weighted by Crippen LogP contribution is -2.53. The van der Waals surface area contributed by atoms with E-state index in [1.807, 2.05) is 0 Å². The van der Waals surface area contributed by atoms with Crippen molar-refractivity contribution in [3.05, 3.63) is 49.0 Å². The first-order valence-electron chi connectivity index (χ1n) is 11.4. The van der Waals surface area contributed by atoms with Crippen molar-refractivity contribution in [1.82, 2.24) is 10.4 Å². The molecule has 0 saturated heterocycles. The molecule has 1 aromatic carbocycles. The number of nitrogens with zero attached hydrogens (tertiary/aromatic N) is 3. The molecular weight excluding hydrogens is 549 g/mol. The van der Waals surface area contributed by atoms with Crippen LogP contribution in [0.2, 0.25) is 0 Å². The standard InChI is InChI=1S/C22H27Cl2N5O9/c1-22(2)13(10-17(23)24)19(22)20(32)27(11-18(30)31)26-15(21(33)34)5-3-4-8-25-14-7-6-12(28(35)36)9-16(14)29(37)38/h6-7,9-10,13,15,19,25-26H,3-5,8,11H2,1-2H3,(H,30,31)(H,33,34). The summed E-state index contributed by atoms with van der Waals surface area (Å²) in [7, 11) is 0. The zero-order chi connectivity index (χ0) is 28.8. The molecule has 2 rings (SSSR count). The molecule has 3 unspecified atom stereocenters. The summed E-state index contributed by atoms with van der Waals surface area (Å²) in [4.78, 5) is 56.8. The first-order valence-corrected chi connectivity index (χ1v) is 12.1. The first kappa shape index (κ1) is 30.7. The minimum Gasteiger partial charge on any atom is -0.480 e. The number of carbonyl (C=O) groups is 3. The van der Waals surface area contributed by atoms with E-state index in [9.17, 15) is 44.8 Å². The lowest BCUT2D eigenvalue weighted by molar-refractivity contribution is -0.393. The van der Waals surface area contributed by atoms with E-state index in [4.69, 9.17) is 23.2 Å². The minimum atomic E-state index is -1.34. The Bertz CT molecular complexity index is 1140. The molecule has 16 heteroatoms. The van der Waals surface area contributed by atoms with Gasteiger partial charge in [-0.2, -0.15) is 0 Å². The van der Waals surface area contributed by atoms with Crippen molar-refractivity contribution in [2.45, 2.75) is 39.2 Å². The molecule has 0 aliphatic heterocycles. The van der Waals surface area contributed by atoms with E-state index in [1.165, 1.54) is 12.1 Å². The fraction of sp³-hybridized carbons (Fsp3) is 0.500. The number of aliphatic carboxylic acids is 2. The molecule has 1 aromatic rings. The number of carboxylic acids is 2. The fourth-order valence-electron chi connectivity index (χ4n) is 4.15. The van der Waals surface area contributed by atoms with E-state index in [0.717, 1.165) is 17.1 Å². The maximum Gasteiger partial charge on any atom is 0.324 e. The van der Waals surface area contributed by atoms with Crippen molar-refractivity contribution < 1.29 is 34.4 Å². The molecule has 1 amide bonds. The lowest BCUT2D eigenvalue weighted by Gasteiger charge is -2.26. The molecule has 1 fully saturated rings. The zero-order valence-corrected chi connectivity index (χ0v) is 21.9. The molecule has 0 radical (unpaired) electrons. The smallest absolute Gasteiger partial charge is 0.324 e. The van der Waals surface area contributed by atoms with Crippen LogP contribution in [-0.4, -0.2) is 62.0 Å². The van der Waals surface area contributed by atoms with Gasteiger partial charge in [-0.25, -0.2) is 5.43 Å². The van der Waals surface area contributed by atoms with Crippen LogP contribution >= 0.6 is 23.2 Å². The molecule has 0 bridgehead atoms. The average molecular weight is 576 g/mol. The number of hydrogen-bond donors (Lipinski definition) is 4. The van der Waals surface area contributed by atoms with Gasteiger partial charge in [0.2, 0.25) is 5.91 Å². The Labute approximate surface area is 226 Å². The SMILES string of the molecule is CC1(C)C(C=C(Cl)Cl)C1C(=O)N(CC(=O)O)NC(CCCCNc1ccc([N+](=O)[O-])cc1[N+](=O)[O-])C(=O)O. The van der Waals surface area contributed by atoms with E-state index in [0.29, 0.717) is 6.42 Å². The predicted octanol–water partition coefficient (Wildman–Crippen LogP) is 3.55. The highest BCUT2D eigenvalue weighted by Crippen LogP contribution is 2.60. The van der Waals surface area contributed by atoms with Crippen LogP contribution < -0.4 is 10.7 Å². The number of hydrogen-bond acceptors (Lipinski definition) is 9. The molecule has 14 nitrogen and oxygen atoms in total. The molecule has 1 saturated carbocycles. The number of carboxylic acid groups (broad SMARTS) is 2. The maximum absolute atomic E-state index is 13.1. The summed E-state index contributed by atoms with van der Waals surface area (Å²) in [6.45, 7) is 2.98. The molecule has 3 atom stereocenters. The van der Waals surface area contributed by atoms with Gasteiger partial charge in [0.25, 0.3) is 11.4 Å². The molecule has 4 N–H and O–H groups in total. The molecule has 0 aromatic heterocycles. The first-order chi connectivity index (χ1) is 17.7. The van der Waals surface area contributed by atoms with Crippen LogP contribution in [0.3, 0.4) is 0 Å². The molecule has 0 heterocycles. The summed E-state index contributed by atoms with van der Waals surface area (Å²) >= 11 is 11.4. The molecular formula is C22H27Cl2N5O9. The van der Waals surface area contributed by atoms with Gasteiger partial charge in [-0.15, -0.1) is 0 Å². The lowest BCUT2D eigenvalue weighted by atomic mass is 10.1. The van der Waals surface area contributed by atoms with Gasteiger partial charge in [0, 0.05) is 12.6 Å². The number of nitro groups is 2. The predicted molar refractivity (Wildman–Crippen MR) is 137 cm³/mol. The number of allylic oxidation sites excluding steroid dienone is 1. The van der Waals surface area contributed by atoms with E-state index >= 15 is 0 Å². The Morgan fingerprint density at radius 1 is 1.16 bits per heavy atom. The second-order valence-electron chi connectivity index (χ2n) is 9.26. The quantitative estimate of drug-likeness (QED) is 0.135. The second kappa shape index (κ2) is 12.8. The van der Waals surface area contributed by atoms with Crippen molar-refractivity contribution in [2.24, 2.45) is 17.3 Å². The van der Waals surface area contributed by atoms with Gasteiger partial charge in [0.1, 0.15) is 22.8 Å². The molecule has 1 aliphatic carbocycles. The third-order valence-corrected chi connectivity index (χ3v) is 6.53. The van der Waals surface area contributed by atoms with Gasteiger partial charge >= 0.3 is 11.9 Å². The van der Waals surface area contributed by atoms with Crippen LogP contribution in [0.1, 0.15) is 33.1 Å². The zero-order valence-electron chi connectivity index (χ0n) is 20.4. The van der Waals surface area contributed by atoms with Crippen molar-refractivity contribution >= 4 is 58.1 Å². The van der Waals surface area contributed by atoms with Crippen molar-refractivity contribution in [3.8, 4) is 0 Å². The Morgan fingerprint density at radius 2 is 1.82 bits per heavy atom. The van der Waals surface area contributed by atoms with E-state index in [-0.39, 0.29) is 35.5 Å². The van der Waals surface area contributed by atoms with E-state index in [2.05, 4.69) is 10.7 Å². The molecule has 1 aliphatic rings. The van der Waals surface area contributed by atoms with Gasteiger partial charge in [0.05, 0.1) is 21.8 Å². The molecule has 208 valence electrons. The highest BCUT2D eigenvalue weighted by Gasteiger charge is 2.61. The summed E-state index contributed by atoms with van der Waals surface area (Å²) in [6, 6.07) is 1.88. The number of nitrogens with one attached hydrogen (secondary N) is 2. The van der Waals surface area contributed by atoms with Crippen LogP contribution in [0.4, 0.5) is 17.1 Å². The second-order valence-corrected chi connectivity index (χ2v) is 10.3. The summed E-state index contributed by atoms with van der Waals surface area (Å²) < 4.78 is -0.0350. The Kier molecular flexibility index (Phi) is 10.4. The summed E-state index contributed by atoms with van der Waals surface area (Å²) in [5.41, 5.74) is 1.12. The maximum atomic E-state index is 13.1. The number of rotatable bonds is 15. The van der Waals surface area contributed by atoms with Crippen molar-refractivity contribution in [1.29, 1.82) is 0 Å². The Balaban J connectivity index is 1.99. The number of unbranched alkanes of at least 4 members (excludes halogenated alkanes) is 1. The van der Waals surface area contributed by atoms with Crippen LogP contribution in [-0.2, 0) is 14.4 Å². The number of hydrazine groups is 1. The minimum absolute atomic E-state index is 0.00761. The number of amides is 1. The summed E-state index contributed by atoms with van der Waals surface area (Å²) in [5, 5.41) is 44.6. The van der Waals surface area contributed by atoms with Gasteiger partial charge in [0.15, 0.2) is 0 Å². The van der Waals surface area contributed by atoms with Crippen LogP contribution in [0.15, 0.2) is 28.8 Å². The largest absolute Gasteiger partial charge is 0.480 e. The van der Waals surface area contributed by atoms with E-state index in [1.54, 1.807) is 13.8 Å². The van der Waals surface area contributed by atoms with Crippen LogP contribution in [0.25, 0.3) is 0 Å². The highest BCUT2D eigenvalue weighted by atomic mass is 35.5. The van der Waals surface area contributed by atoms with Crippen LogP contribution in [0, 0.1) is 37.5 Å². The topological polar surface area (TPSA) is 205 Å². The Hall–Kier alpha value is -3.49. The van der Waals surface area contributed by atoms with E-state index < -0.39 is 63.0 Å². The van der Waals surface area contributed by atoms with Crippen molar-refractivity contribution in [3.63, 3.8) is 0 Å². The number of benzene rings is 1. The van der Waals surface area contributed by atoms with Crippen LogP contribution in [0.5, 0.6) is 0 Å². The number of non-ortho nitro benzene ring substituents is 1. The fourth-order valence-corrected chi connectivity index (χ4v) is 4.42. The normalized spacial score (nSPS) is 18.1. The molecule has 0 spiro atoms. The third kappa shape index (κ3) is 8.00. The van der Waals surface area contributed by atoms with Gasteiger partial charge < -0.3 is 15.5 Å². The Morgan fingerprint density at radius 3 is 2.34 bits per heavy atom. The number of halogens is 2. The van der Waals surface area contributed by atoms with Gasteiger partial charge in [-0.3, -0.25) is 39.6 Å². The molecule has 38 heavy (non-hydrogen) atoms. The number of carbonyl (C=O) groups excluding carboxylic acids is 1.